The fourth-order valence-corrected chi connectivity index (χ4v) is 10.1. The van der Waals surface area contributed by atoms with Crippen molar-refractivity contribution >= 4 is 32.3 Å². The normalized spacial score (nSPS) is 12.7. The van der Waals surface area contributed by atoms with Crippen LogP contribution in [0.3, 0.4) is 0 Å². The Kier molecular flexibility index (Phi) is 8.55. The molecule has 0 aliphatic heterocycles. The van der Waals surface area contributed by atoms with Crippen LogP contribution in [0.1, 0.15) is 25.0 Å². The second-order valence-corrected chi connectivity index (χ2v) is 17.3. The predicted octanol–water partition coefficient (Wildman–Crippen LogP) is 16.2. The van der Waals surface area contributed by atoms with E-state index in [1.165, 1.54) is 76.8 Å². The Balaban J connectivity index is 0.978. The predicted molar refractivity (Wildman–Crippen MR) is 265 cm³/mol. The van der Waals surface area contributed by atoms with Crippen molar-refractivity contribution in [3.05, 3.63) is 230 Å². The van der Waals surface area contributed by atoms with Crippen molar-refractivity contribution in [2.45, 2.75) is 19.3 Å². The summed E-state index contributed by atoms with van der Waals surface area (Å²) in [5.41, 5.74) is 17.4. The maximum Gasteiger partial charge on any atom is 0.160 e. The number of benzene rings is 10. The molecular weight excluding hydrogens is 761 g/mol. The minimum atomic E-state index is -0.0524. The first-order valence-electron chi connectivity index (χ1n) is 21.8. The molecule has 1 aromatic heterocycles. The highest BCUT2D eigenvalue weighted by Crippen LogP contribution is 2.52. The third-order valence-corrected chi connectivity index (χ3v) is 13.3. The maximum atomic E-state index is 5.31. The molecule has 0 atom stereocenters. The standard InChI is InChI=1S/C61H42N2/c1-61(2)54-24-11-10-22-52(54)59-49(23-13-25-55(59)61)41-26-28-42(29-27-41)56-38-57(47-19-12-18-45(36-47)39-14-4-3-5-15-39)63-60(62-56)44-32-30-43(31-33-44)58-50-21-9-7-17-46(50)37-53-48-20-8-6-16-40(48)34-35-51(53)58/h3-38H,1-2H3. The lowest BCUT2D eigenvalue weighted by Crippen LogP contribution is -2.14. The lowest BCUT2D eigenvalue weighted by atomic mass is 9.82. The molecule has 2 nitrogen and oxygen atoms in total. The molecule has 1 heterocycles. The van der Waals surface area contributed by atoms with Crippen LogP contribution in [0.15, 0.2) is 218 Å². The summed E-state index contributed by atoms with van der Waals surface area (Å²) in [6.07, 6.45) is 0. The lowest BCUT2D eigenvalue weighted by molar-refractivity contribution is 0.660. The quantitative estimate of drug-likeness (QED) is 0.124. The van der Waals surface area contributed by atoms with Crippen molar-refractivity contribution in [2.24, 2.45) is 0 Å². The van der Waals surface area contributed by atoms with Crippen LogP contribution in [-0.2, 0) is 5.41 Å². The number of hydrogen-bond acceptors (Lipinski definition) is 2. The molecule has 0 fully saturated rings. The van der Waals surface area contributed by atoms with Crippen LogP contribution in [0, 0.1) is 0 Å². The van der Waals surface area contributed by atoms with Crippen LogP contribution in [0.2, 0.25) is 0 Å². The second kappa shape index (κ2) is 14.6. The summed E-state index contributed by atoms with van der Waals surface area (Å²) in [6.45, 7) is 4.68. The van der Waals surface area contributed by atoms with Crippen LogP contribution in [0.5, 0.6) is 0 Å². The smallest absolute Gasteiger partial charge is 0.160 e. The Hall–Kier alpha value is -7.94. The molecular formula is C61H42N2. The minimum Gasteiger partial charge on any atom is -0.228 e. The number of hydrogen-bond donors (Lipinski definition) is 0. The van der Waals surface area contributed by atoms with Gasteiger partial charge >= 0.3 is 0 Å². The van der Waals surface area contributed by atoms with Gasteiger partial charge < -0.3 is 0 Å². The first-order valence-corrected chi connectivity index (χ1v) is 21.8. The number of fused-ring (bicyclic) bond motifs is 7. The molecule has 2 heteroatoms. The molecule has 11 aromatic rings. The molecule has 0 N–H and O–H groups in total. The van der Waals surface area contributed by atoms with Crippen molar-refractivity contribution in [1.29, 1.82) is 0 Å². The van der Waals surface area contributed by atoms with Gasteiger partial charge in [0.25, 0.3) is 0 Å². The van der Waals surface area contributed by atoms with E-state index in [0.29, 0.717) is 5.82 Å². The molecule has 1 aliphatic rings. The number of rotatable bonds is 6. The number of aromatic nitrogens is 2. The molecule has 1 aliphatic carbocycles. The van der Waals surface area contributed by atoms with Gasteiger partial charge in [-0.25, -0.2) is 9.97 Å². The van der Waals surface area contributed by atoms with Crippen LogP contribution in [-0.4, -0.2) is 9.97 Å². The van der Waals surface area contributed by atoms with Crippen molar-refractivity contribution in [2.75, 3.05) is 0 Å². The van der Waals surface area contributed by atoms with E-state index in [1.807, 2.05) is 0 Å². The molecule has 296 valence electrons. The van der Waals surface area contributed by atoms with Gasteiger partial charge in [-0.3, -0.25) is 0 Å². The molecule has 0 spiro atoms. The Bertz CT molecular complexity index is 3560. The van der Waals surface area contributed by atoms with E-state index in [2.05, 4.69) is 232 Å². The van der Waals surface area contributed by atoms with E-state index in [4.69, 9.17) is 9.97 Å². The van der Waals surface area contributed by atoms with Crippen molar-refractivity contribution < 1.29 is 0 Å². The monoisotopic (exact) mass is 802 g/mol. The Labute approximate surface area is 367 Å². The zero-order chi connectivity index (χ0) is 42.1. The Morgan fingerprint density at radius 1 is 0.302 bits per heavy atom. The van der Waals surface area contributed by atoms with E-state index < -0.39 is 0 Å². The maximum absolute atomic E-state index is 5.31. The summed E-state index contributed by atoms with van der Waals surface area (Å²) >= 11 is 0. The molecule has 63 heavy (non-hydrogen) atoms. The summed E-state index contributed by atoms with van der Waals surface area (Å²) in [5.74, 6) is 0.691. The van der Waals surface area contributed by atoms with E-state index in [-0.39, 0.29) is 5.41 Å². The summed E-state index contributed by atoms with van der Waals surface area (Å²) in [7, 11) is 0. The largest absolute Gasteiger partial charge is 0.228 e. The first-order chi connectivity index (χ1) is 31.0. The minimum absolute atomic E-state index is 0.0524. The van der Waals surface area contributed by atoms with E-state index in [0.717, 1.165) is 39.2 Å². The van der Waals surface area contributed by atoms with Crippen LogP contribution < -0.4 is 0 Å². The highest BCUT2D eigenvalue weighted by atomic mass is 14.9. The average molecular weight is 803 g/mol. The highest BCUT2D eigenvalue weighted by Gasteiger charge is 2.36. The number of nitrogens with zero attached hydrogens (tertiary/aromatic N) is 2. The van der Waals surface area contributed by atoms with Gasteiger partial charge in [0.15, 0.2) is 5.82 Å². The fourth-order valence-electron chi connectivity index (χ4n) is 10.1. The topological polar surface area (TPSA) is 25.8 Å². The van der Waals surface area contributed by atoms with E-state index in [9.17, 15) is 0 Å². The van der Waals surface area contributed by atoms with Crippen LogP contribution in [0.4, 0.5) is 0 Å². The lowest BCUT2D eigenvalue weighted by Gasteiger charge is -2.21. The Morgan fingerprint density at radius 2 is 0.889 bits per heavy atom. The van der Waals surface area contributed by atoms with Gasteiger partial charge in [-0.1, -0.05) is 214 Å². The van der Waals surface area contributed by atoms with E-state index >= 15 is 0 Å². The summed E-state index contributed by atoms with van der Waals surface area (Å²) in [5, 5.41) is 7.50. The van der Waals surface area contributed by atoms with Gasteiger partial charge in [0.05, 0.1) is 11.4 Å². The fraction of sp³-hybridized carbons (Fsp3) is 0.0492. The molecule has 0 saturated carbocycles. The van der Waals surface area contributed by atoms with Gasteiger partial charge in [0, 0.05) is 22.1 Å². The average Bonchev–Trinajstić information content (AvgIpc) is 3.59. The SMILES string of the molecule is CC1(C)c2ccccc2-c2c(-c3ccc(-c4cc(-c5cccc(-c6ccccc6)c5)nc(-c5ccc(-c6c7ccccc7cc7c6ccc6ccccc67)cc5)n4)cc3)cccc21. The van der Waals surface area contributed by atoms with Crippen LogP contribution in [0.25, 0.3) is 111 Å². The molecule has 0 bridgehead atoms. The van der Waals surface area contributed by atoms with Crippen LogP contribution >= 0.6 is 0 Å². The van der Waals surface area contributed by atoms with Gasteiger partial charge in [-0.2, -0.15) is 0 Å². The van der Waals surface area contributed by atoms with Gasteiger partial charge in [0.2, 0.25) is 0 Å². The highest BCUT2D eigenvalue weighted by molar-refractivity contribution is 6.20. The summed E-state index contributed by atoms with van der Waals surface area (Å²) < 4.78 is 0. The summed E-state index contributed by atoms with van der Waals surface area (Å²) in [6, 6.07) is 79.1. The molecule has 12 rings (SSSR count). The molecule has 0 unspecified atom stereocenters. The van der Waals surface area contributed by atoms with Crippen molar-refractivity contribution in [1.82, 2.24) is 9.97 Å². The molecule has 0 saturated heterocycles. The van der Waals surface area contributed by atoms with Gasteiger partial charge in [-0.05, 0) is 106 Å². The summed E-state index contributed by atoms with van der Waals surface area (Å²) in [4.78, 5) is 10.6. The third-order valence-electron chi connectivity index (χ3n) is 13.3. The third kappa shape index (κ3) is 6.17. The molecule has 0 radical (unpaired) electrons. The molecule has 0 amide bonds. The second-order valence-electron chi connectivity index (χ2n) is 17.3. The zero-order valence-corrected chi connectivity index (χ0v) is 35.2. The van der Waals surface area contributed by atoms with E-state index in [1.54, 1.807) is 0 Å². The van der Waals surface area contributed by atoms with Gasteiger partial charge in [0.1, 0.15) is 0 Å². The Morgan fingerprint density at radius 3 is 1.71 bits per heavy atom. The zero-order valence-electron chi connectivity index (χ0n) is 35.2. The van der Waals surface area contributed by atoms with Crippen molar-refractivity contribution in [3.63, 3.8) is 0 Å². The van der Waals surface area contributed by atoms with Crippen molar-refractivity contribution in [3.8, 4) is 78.4 Å². The van der Waals surface area contributed by atoms with Gasteiger partial charge in [-0.15, -0.1) is 0 Å². The first kappa shape index (κ1) is 36.9. The molecule has 10 aromatic carbocycles.